The van der Waals surface area contributed by atoms with Crippen LogP contribution in [0.3, 0.4) is 0 Å². The van der Waals surface area contributed by atoms with Gasteiger partial charge in [0.1, 0.15) is 11.2 Å². The summed E-state index contributed by atoms with van der Waals surface area (Å²) in [5.41, 5.74) is 6.36. The van der Waals surface area contributed by atoms with Crippen molar-refractivity contribution in [1.29, 1.82) is 0 Å². The van der Waals surface area contributed by atoms with Crippen LogP contribution in [0.5, 0.6) is 0 Å². The second-order valence-electron chi connectivity index (χ2n) is 11.9. The first-order valence-electron chi connectivity index (χ1n) is 18.7. The van der Waals surface area contributed by atoms with Crippen LogP contribution in [0.2, 0.25) is 0 Å². The summed E-state index contributed by atoms with van der Waals surface area (Å²) in [6, 6.07) is 43.4. The molecule has 0 spiro atoms. The molecule has 1 nitrogen and oxygen atoms in total. The Morgan fingerprint density at radius 2 is 0.957 bits per heavy atom. The first-order chi connectivity index (χ1) is 25.8. The maximum absolute atomic E-state index is 9.07. The third-order valence-corrected chi connectivity index (χ3v) is 9.40. The molecule has 0 unspecified atom stereocenters. The van der Waals surface area contributed by atoms with Crippen molar-refractivity contribution in [2.45, 2.75) is 0 Å². The van der Waals surface area contributed by atoms with E-state index < -0.39 is 6.04 Å². The molecule has 0 saturated carbocycles. The maximum Gasteiger partial charge on any atom is 0.136 e. The molecule has 0 bridgehead atoms. The van der Waals surface area contributed by atoms with Crippen LogP contribution in [0, 0.1) is 0 Å². The molecule has 0 saturated heterocycles. The topological polar surface area (TPSA) is 13.1 Å². The Kier molecular flexibility index (Phi) is 4.49. The van der Waals surface area contributed by atoms with Gasteiger partial charge in [0.2, 0.25) is 0 Å². The van der Waals surface area contributed by atoms with E-state index in [1.54, 1.807) is 0 Å². The van der Waals surface area contributed by atoms with Gasteiger partial charge in [0.05, 0.1) is 8.22 Å². The molecule has 10 aromatic rings. The zero-order valence-corrected chi connectivity index (χ0v) is 25.1. The van der Waals surface area contributed by atoms with E-state index in [1.807, 2.05) is 103 Å². The van der Waals surface area contributed by atoms with Gasteiger partial charge in [-0.05, 0) is 101 Å². The van der Waals surface area contributed by atoms with Crippen molar-refractivity contribution in [1.82, 2.24) is 0 Å². The molecule has 1 heterocycles. The number of benzene rings is 9. The van der Waals surface area contributed by atoms with E-state index in [2.05, 4.69) is 30.3 Å². The summed E-state index contributed by atoms with van der Waals surface area (Å²) in [4.78, 5) is 0. The third kappa shape index (κ3) is 3.90. The van der Waals surface area contributed by atoms with Crippen LogP contribution in [0.4, 0.5) is 0 Å². The SMILES string of the molecule is [2H]c1c([2H])c([2H])c(-c2c3ccccc3c(-c3ccc4oc5cccc(-c6c7ccccc7c([2H])c7ccccc67)c5c4c3)c3ccccc23)c([2H])c1[2H]. The molecule has 10 rings (SSSR count). The Balaban J connectivity index is 1.31. The minimum absolute atomic E-state index is 0.189. The lowest BCUT2D eigenvalue weighted by molar-refractivity contribution is 0.669. The van der Waals surface area contributed by atoms with Crippen molar-refractivity contribution < 1.29 is 12.6 Å². The van der Waals surface area contributed by atoms with Gasteiger partial charge in [-0.2, -0.15) is 0 Å². The molecular weight excluding hydrogens is 569 g/mol. The molecule has 0 aliphatic carbocycles. The predicted molar refractivity (Wildman–Crippen MR) is 200 cm³/mol. The van der Waals surface area contributed by atoms with Crippen molar-refractivity contribution in [2.24, 2.45) is 0 Å². The Bertz CT molecular complexity index is 3050. The molecule has 1 aromatic heterocycles. The van der Waals surface area contributed by atoms with Crippen molar-refractivity contribution in [2.75, 3.05) is 0 Å². The zero-order chi connectivity index (χ0) is 36.1. The second-order valence-corrected chi connectivity index (χ2v) is 11.9. The minimum Gasteiger partial charge on any atom is -0.456 e. The summed E-state index contributed by atoms with van der Waals surface area (Å²) >= 11 is 0. The quantitative estimate of drug-likeness (QED) is 0.183. The molecule has 0 radical (unpaired) electrons. The highest BCUT2D eigenvalue weighted by Gasteiger charge is 2.20. The number of hydrogen-bond acceptors (Lipinski definition) is 1. The molecule has 47 heavy (non-hydrogen) atoms. The number of rotatable bonds is 3. The largest absolute Gasteiger partial charge is 0.456 e. The van der Waals surface area contributed by atoms with Gasteiger partial charge in [-0.15, -0.1) is 0 Å². The molecule has 0 aliphatic rings. The first kappa shape index (κ1) is 20.8. The molecule has 0 amide bonds. The van der Waals surface area contributed by atoms with Crippen LogP contribution >= 0.6 is 0 Å². The van der Waals surface area contributed by atoms with E-state index in [-0.39, 0.29) is 29.7 Å². The summed E-state index contributed by atoms with van der Waals surface area (Å²) in [7, 11) is 0. The fourth-order valence-corrected chi connectivity index (χ4v) is 7.47. The Morgan fingerprint density at radius 3 is 1.57 bits per heavy atom. The summed E-state index contributed by atoms with van der Waals surface area (Å²) in [6.45, 7) is 0. The molecule has 0 fully saturated rings. The highest BCUT2D eigenvalue weighted by atomic mass is 16.3. The van der Waals surface area contributed by atoms with E-state index in [9.17, 15) is 0 Å². The Morgan fingerprint density at radius 1 is 0.404 bits per heavy atom. The average molecular weight is 603 g/mol. The smallest absolute Gasteiger partial charge is 0.136 e. The van der Waals surface area contributed by atoms with E-state index in [0.29, 0.717) is 11.6 Å². The van der Waals surface area contributed by atoms with Gasteiger partial charge in [-0.3, -0.25) is 0 Å². The average Bonchev–Trinajstić information content (AvgIpc) is 3.58. The lowest BCUT2D eigenvalue weighted by Gasteiger charge is -2.17. The number of fused-ring (bicyclic) bond motifs is 7. The summed E-state index contributed by atoms with van der Waals surface area (Å²) in [6.07, 6.45) is 0. The molecule has 0 N–H and O–H groups in total. The number of hydrogen-bond donors (Lipinski definition) is 0. The van der Waals surface area contributed by atoms with Crippen LogP contribution in [0.25, 0.3) is 98.4 Å². The van der Waals surface area contributed by atoms with E-state index in [0.717, 1.165) is 87.3 Å². The van der Waals surface area contributed by atoms with Gasteiger partial charge in [0.25, 0.3) is 0 Å². The molecule has 218 valence electrons. The summed E-state index contributed by atoms with van der Waals surface area (Å²) < 4.78 is 58.5. The van der Waals surface area contributed by atoms with Gasteiger partial charge >= 0.3 is 0 Å². The van der Waals surface area contributed by atoms with Crippen molar-refractivity contribution in [3.05, 3.63) is 170 Å². The monoisotopic (exact) mass is 602 g/mol. The van der Waals surface area contributed by atoms with Crippen LogP contribution in [0.15, 0.2) is 174 Å². The second kappa shape index (κ2) is 10.2. The van der Waals surface area contributed by atoms with Gasteiger partial charge < -0.3 is 4.42 Å². The lowest BCUT2D eigenvalue weighted by atomic mass is 9.85. The Hall–Kier alpha value is -6.18. The Labute approximate surface area is 280 Å². The molecule has 0 atom stereocenters. The molecular formula is C46H28O. The normalized spacial score (nSPS) is 13.6. The van der Waals surface area contributed by atoms with Crippen molar-refractivity contribution in [3.63, 3.8) is 0 Å². The predicted octanol–water partition coefficient (Wildman–Crippen LogP) is 13.2. The third-order valence-electron chi connectivity index (χ3n) is 9.40. The highest BCUT2D eigenvalue weighted by Crippen LogP contribution is 2.47. The lowest BCUT2D eigenvalue weighted by Crippen LogP contribution is -1.90. The van der Waals surface area contributed by atoms with Crippen LogP contribution in [-0.2, 0) is 0 Å². The van der Waals surface area contributed by atoms with Crippen molar-refractivity contribution >= 4 is 65.0 Å². The minimum atomic E-state index is -0.411. The summed E-state index contributed by atoms with van der Waals surface area (Å²) in [5, 5.41) is 9.15. The highest BCUT2D eigenvalue weighted by molar-refractivity contribution is 6.24. The van der Waals surface area contributed by atoms with Crippen LogP contribution < -0.4 is 0 Å². The summed E-state index contributed by atoms with van der Waals surface area (Å²) in [5.74, 6) is 0. The van der Waals surface area contributed by atoms with Gasteiger partial charge in [0.15, 0.2) is 0 Å². The van der Waals surface area contributed by atoms with E-state index in [1.165, 1.54) is 0 Å². The fraction of sp³-hybridized carbons (Fsp3) is 0. The fourth-order valence-electron chi connectivity index (χ4n) is 7.47. The number of furan rings is 1. The van der Waals surface area contributed by atoms with Gasteiger partial charge in [0, 0.05) is 10.8 Å². The van der Waals surface area contributed by atoms with Gasteiger partial charge in [-0.25, -0.2) is 0 Å². The van der Waals surface area contributed by atoms with E-state index >= 15 is 0 Å². The molecule has 0 aliphatic heterocycles. The molecule has 9 aromatic carbocycles. The zero-order valence-electron chi connectivity index (χ0n) is 31.1. The maximum atomic E-state index is 9.07. The van der Waals surface area contributed by atoms with Crippen LogP contribution in [0.1, 0.15) is 8.22 Å². The van der Waals surface area contributed by atoms with Crippen LogP contribution in [-0.4, -0.2) is 0 Å². The van der Waals surface area contributed by atoms with Gasteiger partial charge in [-0.1, -0.05) is 145 Å². The molecule has 1 heteroatoms. The van der Waals surface area contributed by atoms with E-state index in [4.69, 9.17) is 12.6 Å². The van der Waals surface area contributed by atoms with Crippen molar-refractivity contribution in [3.8, 4) is 33.4 Å². The standard InChI is InChI=1S/C46H28O/c1-2-13-29(14-3-1)43-35-19-8-10-21-37(35)44(38-22-11-9-20-36(38)43)32-25-26-41-40(28-32)46-39(23-12-24-42(46)47-41)45-33-17-6-4-15-30(33)27-31-16-5-7-18-34(31)45/h1-28H/i1D,2D,3D,13D,14D,27D. The first-order valence-corrected chi connectivity index (χ1v) is 15.7.